The smallest absolute Gasteiger partial charge is 0.0936 e. The molecule has 1 N–H and O–H groups in total. The molecular weight excluding hydrogens is 142 g/mol. The molecule has 3 nitrogen and oxygen atoms in total. The maximum atomic E-state index is 9.44. The molecule has 0 radical (unpaired) electrons. The van der Waals surface area contributed by atoms with Gasteiger partial charge in [-0.1, -0.05) is 0 Å². The molecule has 1 rings (SSSR count). The Bertz CT molecular complexity index is 127. The highest BCUT2D eigenvalue weighted by Crippen LogP contribution is 2.11. The molecule has 1 saturated heterocycles. The second kappa shape index (κ2) is 3.09. The fraction of sp³-hybridized carbons (Fsp3) is 1.00. The van der Waals surface area contributed by atoms with E-state index in [1.807, 2.05) is 20.9 Å². The van der Waals surface area contributed by atoms with Crippen LogP contribution in [0.4, 0.5) is 0 Å². The van der Waals surface area contributed by atoms with E-state index in [0.29, 0.717) is 12.6 Å². The minimum Gasteiger partial charge on any atom is -0.389 e. The Hall–Kier alpha value is -0.120. The van der Waals surface area contributed by atoms with Gasteiger partial charge < -0.3 is 14.7 Å². The highest BCUT2D eigenvalue weighted by molar-refractivity contribution is 4.76. The molecular formula is C8H17NO2. The average Bonchev–Trinajstić information content (AvgIpc) is 2.42. The van der Waals surface area contributed by atoms with Crippen molar-refractivity contribution in [3.8, 4) is 0 Å². The molecule has 0 spiro atoms. The lowest BCUT2D eigenvalue weighted by Gasteiger charge is -2.24. The Morgan fingerprint density at radius 1 is 1.64 bits per heavy atom. The molecule has 1 atom stereocenters. The van der Waals surface area contributed by atoms with E-state index in [0.717, 1.165) is 13.2 Å². The van der Waals surface area contributed by atoms with Gasteiger partial charge in [0.1, 0.15) is 0 Å². The van der Waals surface area contributed by atoms with Gasteiger partial charge in [-0.3, -0.25) is 0 Å². The summed E-state index contributed by atoms with van der Waals surface area (Å²) in [6, 6.07) is 0. The molecule has 0 bridgehead atoms. The molecule has 0 amide bonds. The molecule has 1 aliphatic rings. The zero-order valence-corrected chi connectivity index (χ0v) is 7.50. The van der Waals surface area contributed by atoms with Crippen LogP contribution in [0.1, 0.15) is 13.8 Å². The van der Waals surface area contributed by atoms with Crippen molar-refractivity contribution >= 4 is 0 Å². The number of nitrogens with zero attached hydrogens (tertiary/aromatic N) is 1. The standard InChI is InChI=1S/C8H17NO2/c1-8(2,10)6-9(3)4-7-5-11-7/h7,10H,4-6H2,1-3H3. The molecule has 0 aromatic rings. The van der Waals surface area contributed by atoms with Crippen LogP contribution in [0, 0.1) is 0 Å². The largest absolute Gasteiger partial charge is 0.389 e. The van der Waals surface area contributed by atoms with E-state index in [4.69, 9.17) is 4.74 Å². The second-order valence-corrected chi connectivity index (χ2v) is 3.96. The van der Waals surface area contributed by atoms with Crippen molar-refractivity contribution in [2.45, 2.75) is 25.6 Å². The van der Waals surface area contributed by atoms with E-state index >= 15 is 0 Å². The molecule has 3 heteroatoms. The molecule has 1 aliphatic heterocycles. The predicted octanol–water partition coefficient (Wildman–Crippen LogP) is 0.0879. The van der Waals surface area contributed by atoms with Crippen LogP contribution >= 0.6 is 0 Å². The van der Waals surface area contributed by atoms with Gasteiger partial charge in [0.15, 0.2) is 0 Å². The zero-order valence-electron chi connectivity index (χ0n) is 7.50. The van der Waals surface area contributed by atoms with Crippen molar-refractivity contribution in [3.05, 3.63) is 0 Å². The van der Waals surface area contributed by atoms with Gasteiger partial charge in [-0.15, -0.1) is 0 Å². The number of likely N-dealkylation sites (N-methyl/N-ethyl adjacent to an activating group) is 1. The third-order valence-corrected chi connectivity index (χ3v) is 1.57. The van der Waals surface area contributed by atoms with Crippen molar-refractivity contribution in [1.82, 2.24) is 4.90 Å². The van der Waals surface area contributed by atoms with Gasteiger partial charge in [0, 0.05) is 13.1 Å². The van der Waals surface area contributed by atoms with Gasteiger partial charge >= 0.3 is 0 Å². The molecule has 0 aromatic carbocycles. The monoisotopic (exact) mass is 159 g/mol. The van der Waals surface area contributed by atoms with Gasteiger partial charge in [-0.05, 0) is 20.9 Å². The van der Waals surface area contributed by atoms with Crippen molar-refractivity contribution in [2.24, 2.45) is 0 Å². The number of ether oxygens (including phenoxy) is 1. The van der Waals surface area contributed by atoms with Crippen LogP contribution in [0.3, 0.4) is 0 Å². The molecule has 0 aromatic heterocycles. The average molecular weight is 159 g/mol. The van der Waals surface area contributed by atoms with Gasteiger partial charge in [-0.2, -0.15) is 0 Å². The third-order valence-electron chi connectivity index (χ3n) is 1.57. The van der Waals surface area contributed by atoms with Crippen LogP contribution in [0.2, 0.25) is 0 Å². The Balaban J connectivity index is 2.13. The van der Waals surface area contributed by atoms with Crippen molar-refractivity contribution in [1.29, 1.82) is 0 Å². The second-order valence-electron chi connectivity index (χ2n) is 3.96. The lowest BCUT2D eigenvalue weighted by molar-refractivity contribution is 0.0429. The summed E-state index contributed by atoms with van der Waals surface area (Å²) in [5.74, 6) is 0. The number of aliphatic hydroxyl groups is 1. The number of epoxide rings is 1. The number of hydrogen-bond acceptors (Lipinski definition) is 3. The SMILES string of the molecule is CN(CC1CO1)CC(C)(C)O. The predicted molar refractivity (Wildman–Crippen MR) is 43.5 cm³/mol. The summed E-state index contributed by atoms with van der Waals surface area (Å²) < 4.78 is 5.07. The minimum atomic E-state index is -0.594. The first-order valence-electron chi connectivity index (χ1n) is 4.00. The van der Waals surface area contributed by atoms with Crippen molar-refractivity contribution in [3.63, 3.8) is 0 Å². The van der Waals surface area contributed by atoms with Crippen LogP contribution < -0.4 is 0 Å². The van der Waals surface area contributed by atoms with E-state index in [1.54, 1.807) is 0 Å². The summed E-state index contributed by atoms with van der Waals surface area (Å²) in [6.45, 7) is 6.15. The van der Waals surface area contributed by atoms with Crippen LogP contribution in [0.15, 0.2) is 0 Å². The summed E-state index contributed by atoms with van der Waals surface area (Å²) in [4.78, 5) is 2.09. The first-order valence-corrected chi connectivity index (χ1v) is 4.00. The van der Waals surface area contributed by atoms with Crippen LogP contribution in [-0.4, -0.2) is 48.5 Å². The highest BCUT2D eigenvalue weighted by atomic mass is 16.6. The summed E-state index contributed by atoms with van der Waals surface area (Å²) in [6.07, 6.45) is 0.419. The van der Waals surface area contributed by atoms with Gasteiger partial charge in [0.2, 0.25) is 0 Å². The Labute approximate surface area is 68.0 Å². The van der Waals surface area contributed by atoms with E-state index < -0.39 is 5.60 Å². The number of rotatable bonds is 4. The Kier molecular flexibility index (Phi) is 2.52. The molecule has 0 aliphatic carbocycles. The van der Waals surface area contributed by atoms with Gasteiger partial charge in [0.05, 0.1) is 18.3 Å². The summed E-state index contributed by atoms with van der Waals surface area (Å²) in [5, 5.41) is 9.44. The summed E-state index contributed by atoms with van der Waals surface area (Å²) in [7, 11) is 2.00. The number of hydrogen-bond donors (Lipinski definition) is 1. The Morgan fingerprint density at radius 3 is 2.55 bits per heavy atom. The quantitative estimate of drug-likeness (QED) is 0.590. The lowest BCUT2D eigenvalue weighted by Crippen LogP contribution is -2.37. The van der Waals surface area contributed by atoms with Crippen LogP contribution in [0.5, 0.6) is 0 Å². The zero-order chi connectivity index (χ0) is 8.48. The topological polar surface area (TPSA) is 36.0 Å². The third kappa shape index (κ3) is 4.35. The van der Waals surface area contributed by atoms with Crippen molar-refractivity contribution in [2.75, 3.05) is 26.7 Å². The molecule has 1 fully saturated rings. The molecule has 11 heavy (non-hydrogen) atoms. The highest BCUT2D eigenvalue weighted by Gasteiger charge is 2.25. The van der Waals surface area contributed by atoms with E-state index in [2.05, 4.69) is 4.90 Å². The van der Waals surface area contributed by atoms with E-state index in [9.17, 15) is 5.11 Å². The van der Waals surface area contributed by atoms with Crippen LogP contribution in [0.25, 0.3) is 0 Å². The molecule has 1 heterocycles. The normalized spacial score (nSPS) is 24.3. The minimum absolute atomic E-state index is 0.419. The first-order chi connectivity index (χ1) is 4.97. The fourth-order valence-electron chi connectivity index (χ4n) is 1.25. The van der Waals surface area contributed by atoms with E-state index in [1.165, 1.54) is 0 Å². The molecule has 1 unspecified atom stereocenters. The fourth-order valence-corrected chi connectivity index (χ4v) is 1.25. The summed E-state index contributed by atoms with van der Waals surface area (Å²) >= 11 is 0. The molecule has 66 valence electrons. The summed E-state index contributed by atoms with van der Waals surface area (Å²) in [5.41, 5.74) is -0.594. The Morgan fingerprint density at radius 2 is 2.18 bits per heavy atom. The van der Waals surface area contributed by atoms with E-state index in [-0.39, 0.29) is 0 Å². The maximum absolute atomic E-state index is 9.44. The van der Waals surface area contributed by atoms with Gasteiger partial charge in [0.25, 0.3) is 0 Å². The van der Waals surface area contributed by atoms with Crippen molar-refractivity contribution < 1.29 is 9.84 Å². The molecule has 0 saturated carbocycles. The lowest BCUT2D eigenvalue weighted by atomic mass is 10.1. The van der Waals surface area contributed by atoms with Crippen LogP contribution in [-0.2, 0) is 4.74 Å². The maximum Gasteiger partial charge on any atom is 0.0936 e. The van der Waals surface area contributed by atoms with Gasteiger partial charge in [-0.25, -0.2) is 0 Å². The first kappa shape index (κ1) is 8.97.